The van der Waals surface area contributed by atoms with Gasteiger partial charge < -0.3 is 9.72 Å². The second-order valence-corrected chi connectivity index (χ2v) is 9.02. The van der Waals surface area contributed by atoms with E-state index in [0.717, 1.165) is 42.5 Å². The van der Waals surface area contributed by atoms with Crippen LogP contribution in [0, 0.1) is 5.82 Å². The summed E-state index contributed by atoms with van der Waals surface area (Å²) < 4.78 is 82.4. The molecule has 13 heteroatoms. The highest BCUT2D eigenvalue weighted by molar-refractivity contribution is 7.92. The van der Waals surface area contributed by atoms with Gasteiger partial charge in [-0.2, -0.15) is 0 Å². The summed E-state index contributed by atoms with van der Waals surface area (Å²) in [5.74, 6) is -2.25. The Balaban J connectivity index is 1.61. The Bertz CT molecular complexity index is 1500. The number of nitrogens with one attached hydrogen (secondary N) is 2. The number of nitrogens with zero attached hydrogens (tertiary/aromatic N) is 1. The van der Waals surface area contributed by atoms with E-state index in [1.807, 2.05) is 0 Å². The summed E-state index contributed by atoms with van der Waals surface area (Å²) in [4.78, 5) is 19.4. The number of anilines is 1. The summed E-state index contributed by atoms with van der Waals surface area (Å²) in [7, 11) is -4.28. The van der Waals surface area contributed by atoms with Crippen LogP contribution in [-0.4, -0.2) is 30.5 Å². The monoisotopic (exact) mass is 513 g/mol. The number of hydrogen-bond donors (Lipinski definition) is 2. The number of fused-ring (bicyclic) bond motifs is 1. The number of pyridine rings is 1. The van der Waals surface area contributed by atoms with E-state index in [0.29, 0.717) is 11.0 Å². The number of carbonyl (C=O) groups is 1. The van der Waals surface area contributed by atoms with Crippen molar-refractivity contribution in [2.75, 3.05) is 4.72 Å². The van der Waals surface area contributed by atoms with E-state index in [-0.39, 0.29) is 21.2 Å². The number of aromatic amines is 1. The van der Waals surface area contributed by atoms with Gasteiger partial charge in [0.15, 0.2) is 5.78 Å². The Labute approximate surface area is 194 Å². The fourth-order valence-electron chi connectivity index (χ4n) is 3.11. The third-order valence-electron chi connectivity index (χ3n) is 4.57. The van der Waals surface area contributed by atoms with Gasteiger partial charge in [-0.1, -0.05) is 11.6 Å². The molecule has 0 aliphatic rings. The molecule has 2 aromatic carbocycles. The van der Waals surface area contributed by atoms with E-state index in [4.69, 9.17) is 11.6 Å². The van der Waals surface area contributed by atoms with E-state index < -0.39 is 39.3 Å². The van der Waals surface area contributed by atoms with Gasteiger partial charge in [0, 0.05) is 29.0 Å². The number of ether oxygens (including phenoxy) is 1. The first-order valence-electron chi connectivity index (χ1n) is 9.28. The molecule has 2 N–H and O–H groups in total. The molecule has 0 saturated heterocycles. The molecule has 0 atom stereocenters. The summed E-state index contributed by atoms with van der Waals surface area (Å²) in [5, 5.41) is 0.610. The van der Waals surface area contributed by atoms with Crippen molar-refractivity contribution in [3.63, 3.8) is 0 Å². The summed E-state index contributed by atoms with van der Waals surface area (Å²) in [6.07, 6.45) is -2.23. The van der Waals surface area contributed by atoms with Crippen LogP contribution in [0.5, 0.6) is 5.75 Å². The third-order valence-corrected chi connectivity index (χ3v) is 6.18. The predicted molar refractivity (Wildman–Crippen MR) is 115 cm³/mol. The Morgan fingerprint density at radius 2 is 1.76 bits per heavy atom. The van der Waals surface area contributed by atoms with E-state index in [9.17, 15) is 30.8 Å². The zero-order valence-corrected chi connectivity index (χ0v) is 18.2. The first-order chi connectivity index (χ1) is 15.9. The summed E-state index contributed by atoms with van der Waals surface area (Å²) in [6.45, 7) is 0. The van der Waals surface area contributed by atoms with Crippen molar-refractivity contribution >= 4 is 44.1 Å². The van der Waals surface area contributed by atoms with Gasteiger partial charge in [-0.25, -0.2) is 17.8 Å². The van der Waals surface area contributed by atoms with Crippen molar-refractivity contribution in [1.29, 1.82) is 0 Å². The van der Waals surface area contributed by atoms with E-state index in [2.05, 4.69) is 19.4 Å². The highest BCUT2D eigenvalue weighted by atomic mass is 35.5. The average molecular weight is 514 g/mol. The van der Waals surface area contributed by atoms with Crippen molar-refractivity contribution in [2.45, 2.75) is 11.3 Å². The van der Waals surface area contributed by atoms with Crippen LogP contribution in [0.15, 0.2) is 65.8 Å². The normalized spacial score (nSPS) is 12.0. The third kappa shape index (κ3) is 4.97. The van der Waals surface area contributed by atoms with Crippen LogP contribution < -0.4 is 9.46 Å². The van der Waals surface area contributed by atoms with Crippen LogP contribution in [0.1, 0.15) is 15.9 Å². The van der Waals surface area contributed by atoms with E-state index in [1.54, 1.807) is 0 Å². The first kappa shape index (κ1) is 23.5. The standard InChI is InChI=1S/C21H12ClF4N3O4S/c22-11-7-15-17(10-28-20(15)27-9-11)19(30)16-8-12(1-6-18(16)23)29-34(31,32)14-4-2-13(3-5-14)33-21(24,25)26/h1-10,29H,(H,27,28). The molecule has 34 heavy (non-hydrogen) atoms. The maximum absolute atomic E-state index is 14.5. The number of carbonyl (C=O) groups excluding carboxylic acids is 1. The number of H-pyrrole nitrogens is 1. The molecule has 176 valence electrons. The molecule has 2 heterocycles. The molecule has 4 aromatic rings. The number of benzene rings is 2. The molecule has 0 aliphatic heterocycles. The molecular weight excluding hydrogens is 502 g/mol. The van der Waals surface area contributed by atoms with Crippen molar-refractivity contribution in [1.82, 2.24) is 9.97 Å². The minimum atomic E-state index is -4.93. The molecule has 0 saturated carbocycles. The zero-order chi connectivity index (χ0) is 24.7. The number of ketones is 1. The molecule has 0 fully saturated rings. The molecule has 0 amide bonds. The first-order valence-corrected chi connectivity index (χ1v) is 11.1. The van der Waals surface area contributed by atoms with Gasteiger partial charge in [-0.15, -0.1) is 13.2 Å². The lowest BCUT2D eigenvalue weighted by Gasteiger charge is -2.12. The lowest BCUT2D eigenvalue weighted by atomic mass is 10.0. The van der Waals surface area contributed by atoms with Crippen LogP contribution in [0.2, 0.25) is 5.02 Å². The van der Waals surface area contributed by atoms with Gasteiger partial charge in [0.25, 0.3) is 10.0 Å². The largest absolute Gasteiger partial charge is 0.573 e. The zero-order valence-electron chi connectivity index (χ0n) is 16.7. The van der Waals surface area contributed by atoms with Crippen molar-refractivity contribution in [3.8, 4) is 5.75 Å². The van der Waals surface area contributed by atoms with Crippen LogP contribution in [0.3, 0.4) is 0 Å². The van der Waals surface area contributed by atoms with Crippen LogP contribution in [-0.2, 0) is 10.0 Å². The second-order valence-electron chi connectivity index (χ2n) is 6.90. The highest BCUT2D eigenvalue weighted by Crippen LogP contribution is 2.27. The van der Waals surface area contributed by atoms with Gasteiger partial charge in [0.1, 0.15) is 17.2 Å². The van der Waals surface area contributed by atoms with Gasteiger partial charge >= 0.3 is 6.36 Å². The maximum Gasteiger partial charge on any atom is 0.573 e. The maximum atomic E-state index is 14.5. The summed E-state index contributed by atoms with van der Waals surface area (Å²) >= 11 is 5.92. The number of hydrogen-bond acceptors (Lipinski definition) is 5. The molecule has 7 nitrogen and oxygen atoms in total. The Kier molecular flexibility index (Phi) is 5.96. The van der Waals surface area contributed by atoms with Crippen LogP contribution in [0.4, 0.5) is 23.2 Å². The number of aromatic nitrogens is 2. The quantitative estimate of drug-likeness (QED) is 0.270. The fraction of sp³-hybridized carbons (Fsp3) is 0.0476. The van der Waals surface area contributed by atoms with Crippen LogP contribution >= 0.6 is 11.6 Å². The summed E-state index contributed by atoms with van der Waals surface area (Å²) in [6, 6.07) is 7.96. The van der Waals surface area contributed by atoms with Crippen LogP contribution in [0.25, 0.3) is 11.0 Å². The van der Waals surface area contributed by atoms with Gasteiger partial charge in [-0.05, 0) is 48.5 Å². The minimum absolute atomic E-state index is 0.0733. The van der Waals surface area contributed by atoms with Crippen molar-refractivity contribution < 1.29 is 35.5 Å². The molecule has 0 aliphatic carbocycles. The molecule has 4 rings (SSSR count). The topological polar surface area (TPSA) is 101 Å². The average Bonchev–Trinajstić information content (AvgIpc) is 3.16. The predicted octanol–water partition coefficient (Wildman–Crippen LogP) is 5.29. The highest BCUT2D eigenvalue weighted by Gasteiger charge is 2.31. The van der Waals surface area contributed by atoms with Gasteiger partial charge in [0.2, 0.25) is 0 Å². The summed E-state index contributed by atoms with van der Waals surface area (Å²) in [5.41, 5.74) is -0.140. The molecule has 2 aromatic heterocycles. The molecule has 0 unspecified atom stereocenters. The van der Waals surface area contributed by atoms with Crippen molar-refractivity contribution in [3.05, 3.63) is 82.9 Å². The van der Waals surface area contributed by atoms with E-state index >= 15 is 0 Å². The Morgan fingerprint density at radius 1 is 1.06 bits per heavy atom. The minimum Gasteiger partial charge on any atom is -0.406 e. The number of alkyl halides is 3. The SMILES string of the molecule is O=C(c1cc(NS(=O)(=O)c2ccc(OC(F)(F)F)cc2)ccc1F)c1c[nH]c2ncc(Cl)cc12. The lowest BCUT2D eigenvalue weighted by Crippen LogP contribution is -2.17. The van der Waals surface area contributed by atoms with Gasteiger partial charge in [-0.3, -0.25) is 9.52 Å². The van der Waals surface area contributed by atoms with Crippen molar-refractivity contribution in [2.24, 2.45) is 0 Å². The molecule has 0 bridgehead atoms. The smallest absolute Gasteiger partial charge is 0.406 e. The number of rotatable bonds is 6. The fourth-order valence-corrected chi connectivity index (χ4v) is 4.32. The molecular formula is C21H12ClF4N3O4S. The lowest BCUT2D eigenvalue weighted by molar-refractivity contribution is -0.274. The number of sulfonamides is 1. The Morgan fingerprint density at radius 3 is 2.44 bits per heavy atom. The number of halogens is 5. The van der Waals surface area contributed by atoms with E-state index in [1.165, 1.54) is 18.5 Å². The molecule has 0 spiro atoms. The Hall–Kier alpha value is -3.64. The second kappa shape index (κ2) is 8.61. The van der Waals surface area contributed by atoms with Gasteiger partial charge in [0.05, 0.1) is 15.5 Å². The molecule has 0 radical (unpaired) electrons.